The normalized spacial score (nSPS) is 25.1. The lowest BCUT2D eigenvalue weighted by atomic mass is 9.91. The monoisotopic (exact) mass is 216 g/mol. The third kappa shape index (κ3) is 3.47. The lowest BCUT2D eigenvalue weighted by molar-refractivity contribution is -0.150. The largest absolute Gasteiger partial charge is 0.481 e. The average molecular weight is 216 g/mol. The van der Waals surface area contributed by atoms with E-state index in [9.17, 15) is 9.90 Å². The second-order valence-electron chi connectivity index (χ2n) is 4.13. The van der Waals surface area contributed by atoms with E-state index in [1.807, 2.05) is 6.92 Å². The molecule has 0 radical (unpaired) electrons. The van der Waals surface area contributed by atoms with Crippen LogP contribution < -0.4 is 0 Å². The van der Waals surface area contributed by atoms with Crippen molar-refractivity contribution in [1.82, 2.24) is 0 Å². The predicted octanol–water partition coefficient (Wildman–Crippen LogP) is 1.42. The molecule has 1 rings (SSSR count). The molecule has 4 nitrogen and oxygen atoms in total. The van der Waals surface area contributed by atoms with E-state index in [0.29, 0.717) is 13.0 Å². The Bertz CT molecular complexity index is 199. The molecule has 15 heavy (non-hydrogen) atoms. The molecule has 1 aliphatic rings. The molecule has 0 spiro atoms. The maximum Gasteiger partial charge on any atom is 0.309 e. The fourth-order valence-corrected chi connectivity index (χ4v) is 2.00. The molecule has 2 N–H and O–H groups in total. The fourth-order valence-electron chi connectivity index (χ4n) is 2.00. The summed E-state index contributed by atoms with van der Waals surface area (Å²) in [4.78, 5) is 11.0. The van der Waals surface area contributed by atoms with Crippen LogP contribution in [0.25, 0.3) is 0 Å². The lowest BCUT2D eigenvalue weighted by Gasteiger charge is -2.23. The molecule has 0 aliphatic carbocycles. The average Bonchev–Trinajstić information content (AvgIpc) is 2.70. The van der Waals surface area contributed by atoms with Gasteiger partial charge in [0.05, 0.1) is 18.1 Å². The van der Waals surface area contributed by atoms with Gasteiger partial charge in [-0.1, -0.05) is 19.8 Å². The van der Waals surface area contributed by atoms with Gasteiger partial charge in [-0.2, -0.15) is 0 Å². The summed E-state index contributed by atoms with van der Waals surface area (Å²) in [5, 5.41) is 18.9. The number of aliphatic hydroxyl groups excluding tert-OH is 1. The molecule has 0 aromatic carbocycles. The molecular formula is C11H20O4. The number of carboxylic acid groups (broad SMARTS) is 1. The molecule has 1 fully saturated rings. The summed E-state index contributed by atoms with van der Waals surface area (Å²) in [5.74, 6) is -1.58. The van der Waals surface area contributed by atoms with Crippen molar-refractivity contribution in [2.45, 2.75) is 51.2 Å². The second kappa shape index (κ2) is 6.08. The summed E-state index contributed by atoms with van der Waals surface area (Å²) < 4.78 is 5.31. The summed E-state index contributed by atoms with van der Waals surface area (Å²) in [6.07, 6.45) is 2.88. The number of ether oxygens (including phenoxy) is 1. The van der Waals surface area contributed by atoms with E-state index in [0.717, 1.165) is 25.7 Å². The first-order valence-electron chi connectivity index (χ1n) is 5.69. The Balaban J connectivity index is 2.49. The van der Waals surface area contributed by atoms with Gasteiger partial charge >= 0.3 is 5.97 Å². The summed E-state index contributed by atoms with van der Waals surface area (Å²) in [6, 6.07) is 0. The Morgan fingerprint density at radius 1 is 1.60 bits per heavy atom. The molecular weight excluding hydrogens is 196 g/mol. The van der Waals surface area contributed by atoms with E-state index in [-0.39, 0.29) is 6.10 Å². The van der Waals surface area contributed by atoms with Gasteiger partial charge in [0.15, 0.2) is 0 Å². The van der Waals surface area contributed by atoms with Gasteiger partial charge in [-0.15, -0.1) is 0 Å². The van der Waals surface area contributed by atoms with Gasteiger partial charge in [0.2, 0.25) is 0 Å². The van der Waals surface area contributed by atoms with Gasteiger partial charge in [0, 0.05) is 6.61 Å². The standard InChI is InChI=1S/C11H20O4/c1-2-3-5-8(11(13)14)10(12)9-6-4-7-15-9/h8-10,12H,2-7H2,1H3,(H,13,14). The topological polar surface area (TPSA) is 66.8 Å². The maximum atomic E-state index is 11.0. The van der Waals surface area contributed by atoms with E-state index < -0.39 is 18.0 Å². The number of hydrogen-bond donors (Lipinski definition) is 2. The van der Waals surface area contributed by atoms with Gasteiger partial charge < -0.3 is 14.9 Å². The lowest BCUT2D eigenvalue weighted by Crippen LogP contribution is -2.37. The van der Waals surface area contributed by atoms with Crippen LogP contribution in [0.5, 0.6) is 0 Å². The van der Waals surface area contributed by atoms with Crippen molar-refractivity contribution in [2.24, 2.45) is 5.92 Å². The zero-order valence-corrected chi connectivity index (χ0v) is 9.19. The highest BCUT2D eigenvalue weighted by Crippen LogP contribution is 2.24. The van der Waals surface area contributed by atoms with Crippen LogP contribution in [0.2, 0.25) is 0 Å². The number of hydrogen-bond acceptors (Lipinski definition) is 3. The molecule has 3 atom stereocenters. The molecule has 0 saturated carbocycles. The van der Waals surface area contributed by atoms with Crippen LogP contribution in [0.15, 0.2) is 0 Å². The Hall–Kier alpha value is -0.610. The highest BCUT2D eigenvalue weighted by Gasteiger charge is 2.34. The highest BCUT2D eigenvalue weighted by atomic mass is 16.5. The SMILES string of the molecule is CCCCC(C(=O)O)C(O)C1CCCO1. The molecule has 0 bridgehead atoms. The zero-order valence-electron chi connectivity index (χ0n) is 9.19. The molecule has 4 heteroatoms. The number of rotatable bonds is 6. The number of aliphatic carboxylic acids is 1. The summed E-state index contributed by atoms with van der Waals surface area (Å²) in [7, 11) is 0. The number of aliphatic hydroxyl groups is 1. The van der Waals surface area contributed by atoms with Crippen LogP contribution in [0.3, 0.4) is 0 Å². The van der Waals surface area contributed by atoms with Crippen LogP contribution in [0, 0.1) is 5.92 Å². The quantitative estimate of drug-likeness (QED) is 0.704. The van der Waals surface area contributed by atoms with E-state index in [1.165, 1.54) is 0 Å². The first-order chi connectivity index (χ1) is 7.16. The predicted molar refractivity (Wildman–Crippen MR) is 55.6 cm³/mol. The molecule has 0 aromatic rings. The third-order valence-electron chi connectivity index (χ3n) is 2.94. The van der Waals surface area contributed by atoms with Crippen molar-refractivity contribution < 1.29 is 19.7 Å². The van der Waals surface area contributed by atoms with Crippen molar-refractivity contribution in [3.63, 3.8) is 0 Å². The molecule has 88 valence electrons. The third-order valence-corrected chi connectivity index (χ3v) is 2.94. The molecule has 1 aliphatic heterocycles. The minimum atomic E-state index is -0.911. The van der Waals surface area contributed by atoms with Crippen LogP contribution in [-0.2, 0) is 9.53 Å². The van der Waals surface area contributed by atoms with Crippen molar-refractivity contribution in [3.8, 4) is 0 Å². The Morgan fingerprint density at radius 3 is 2.80 bits per heavy atom. The van der Waals surface area contributed by atoms with Crippen molar-refractivity contribution in [3.05, 3.63) is 0 Å². The van der Waals surface area contributed by atoms with E-state index in [2.05, 4.69) is 0 Å². The molecule has 1 saturated heterocycles. The van der Waals surface area contributed by atoms with Gasteiger partial charge in [-0.3, -0.25) is 4.79 Å². The van der Waals surface area contributed by atoms with Crippen LogP contribution in [-0.4, -0.2) is 35.0 Å². The van der Waals surface area contributed by atoms with Crippen molar-refractivity contribution in [2.75, 3.05) is 6.61 Å². The minimum Gasteiger partial charge on any atom is -0.481 e. The summed E-state index contributed by atoms with van der Waals surface area (Å²) >= 11 is 0. The van der Waals surface area contributed by atoms with Gasteiger partial charge in [-0.25, -0.2) is 0 Å². The van der Waals surface area contributed by atoms with E-state index >= 15 is 0 Å². The number of carboxylic acids is 1. The Morgan fingerprint density at radius 2 is 2.33 bits per heavy atom. The Kier molecular flexibility index (Phi) is 5.05. The van der Waals surface area contributed by atoms with Gasteiger partial charge in [0.1, 0.15) is 0 Å². The smallest absolute Gasteiger partial charge is 0.309 e. The summed E-state index contributed by atoms with van der Waals surface area (Å²) in [6.45, 7) is 2.65. The molecule has 3 unspecified atom stereocenters. The van der Waals surface area contributed by atoms with Crippen LogP contribution in [0.4, 0.5) is 0 Å². The highest BCUT2D eigenvalue weighted by molar-refractivity contribution is 5.70. The summed E-state index contributed by atoms with van der Waals surface area (Å²) in [5.41, 5.74) is 0. The second-order valence-corrected chi connectivity index (χ2v) is 4.13. The van der Waals surface area contributed by atoms with Crippen molar-refractivity contribution in [1.29, 1.82) is 0 Å². The van der Waals surface area contributed by atoms with E-state index in [4.69, 9.17) is 9.84 Å². The zero-order chi connectivity index (χ0) is 11.3. The number of unbranched alkanes of at least 4 members (excludes halogenated alkanes) is 1. The van der Waals surface area contributed by atoms with Crippen LogP contribution >= 0.6 is 0 Å². The Labute approximate surface area is 90.2 Å². The van der Waals surface area contributed by atoms with Gasteiger partial charge in [0.25, 0.3) is 0 Å². The molecule has 0 aromatic heterocycles. The van der Waals surface area contributed by atoms with E-state index in [1.54, 1.807) is 0 Å². The fraction of sp³-hybridized carbons (Fsp3) is 0.909. The first-order valence-corrected chi connectivity index (χ1v) is 5.69. The van der Waals surface area contributed by atoms with Crippen molar-refractivity contribution >= 4 is 5.97 Å². The molecule has 1 heterocycles. The minimum absolute atomic E-state index is 0.275. The number of carbonyl (C=O) groups is 1. The van der Waals surface area contributed by atoms with Gasteiger partial charge in [-0.05, 0) is 19.3 Å². The van der Waals surface area contributed by atoms with Crippen LogP contribution in [0.1, 0.15) is 39.0 Å². The maximum absolute atomic E-state index is 11.0. The molecule has 0 amide bonds. The first kappa shape index (κ1) is 12.5.